The van der Waals surface area contributed by atoms with Gasteiger partial charge in [-0.1, -0.05) is 59.6 Å². The van der Waals surface area contributed by atoms with Crippen LogP contribution in [0, 0.1) is 0 Å². The van der Waals surface area contributed by atoms with Crippen LogP contribution in [-0.2, 0) is 15.0 Å². The zero-order valence-electron chi connectivity index (χ0n) is 16.5. The zero-order valence-corrected chi connectivity index (χ0v) is 18.0. The average Bonchev–Trinajstić information content (AvgIpc) is 2.74. The Bertz CT molecular complexity index is 1220. The number of halogens is 2. The molecule has 0 heterocycles. The lowest BCUT2D eigenvalue weighted by Gasteiger charge is -2.39. The van der Waals surface area contributed by atoms with E-state index in [4.69, 9.17) is 34.7 Å². The normalized spacial score (nSPS) is 20.9. The van der Waals surface area contributed by atoms with Crippen LogP contribution in [0.5, 0.6) is 0 Å². The van der Waals surface area contributed by atoms with Gasteiger partial charge in [-0.05, 0) is 53.1 Å². The molecule has 0 amide bonds. The van der Waals surface area contributed by atoms with Crippen LogP contribution in [-0.4, -0.2) is 12.1 Å². The van der Waals surface area contributed by atoms with Crippen molar-refractivity contribution in [2.45, 2.75) is 17.8 Å². The Kier molecular flexibility index (Phi) is 5.61. The summed E-state index contributed by atoms with van der Waals surface area (Å²) in [5.74, 6) is -0.565. The Morgan fingerprint density at radius 2 is 1.68 bits per heavy atom. The number of benzene rings is 3. The van der Waals surface area contributed by atoms with Gasteiger partial charge in [0.2, 0.25) is 0 Å². The van der Waals surface area contributed by atoms with Gasteiger partial charge in [-0.15, -0.1) is 0 Å². The van der Waals surface area contributed by atoms with Crippen molar-refractivity contribution in [3.05, 3.63) is 99.5 Å². The Morgan fingerprint density at radius 3 is 2.35 bits per heavy atom. The number of carbonyl (C=O) groups excluding carboxylic acids is 2. The first-order chi connectivity index (χ1) is 14.8. The first-order valence-electron chi connectivity index (χ1n) is 9.73. The predicted octanol–water partition coefficient (Wildman–Crippen LogP) is 5.43. The van der Waals surface area contributed by atoms with Gasteiger partial charge in [0.15, 0.2) is 5.78 Å². The summed E-state index contributed by atoms with van der Waals surface area (Å²) in [6, 6.07) is 19.3. The second-order valence-electron chi connectivity index (χ2n) is 7.70. The highest BCUT2D eigenvalue weighted by Gasteiger charge is 2.46. The SMILES string of the molecule is Nc1cccc(C2=C[C@](C=O)(c3ccc(Cl)cc3N)[C@H](c3cccc(Cl)c3)CC2=O)c1. The topological polar surface area (TPSA) is 86.2 Å². The quantitative estimate of drug-likeness (QED) is 0.409. The van der Waals surface area contributed by atoms with Crippen LogP contribution in [0.15, 0.2) is 72.8 Å². The van der Waals surface area contributed by atoms with Crippen LogP contribution < -0.4 is 11.5 Å². The van der Waals surface area contributed by atoms with Gasteiger partial charge >= 0.3 is 0 Å². The molecule has 0 aliphatic heterocycles. The van der Waals surface area contributed by atoms with Crippen molar-refractivity contribution in [1.82, 2.24) is 0 Å². The van der Waals surface area contributed by atoms with Crippen LogP contribution in [0.3, 0.4) is 0 Å². The average molecular weight is 451 g/mol. The second kappa shape index (κ2) is 8.22. The van der Waals surface area contributed by atoms with E-state index in [9.17, 15) is 9.59 Å². The summed E-state index contributed by atoms with van der Waals surface area (Å²) in [4.78, 5) is 26.1. The van der Waals surface area contributed by atoms with Crippen molar-refractivity contribution in [2.24, 2.45) is 0 Å². The van der Waals surface area contributed by atoms with Crippen molar-refractivity contribution < 1.29 is 9.59 Å². The number of aldehydes is 1. The largest absolute Gasteiger partial charge is 0.399 e. The Hall–Kier alpha value is -3.08. The summed E-state index contributed by atoms with van der Waals surface area (Å²) in [6.07, 6.45) is 2.68. The molecule has 0 spiro atoms. The van der Waals surface area contributed by atoms with Crippen LogP contribution in [0.4, 0.5) is 11.4 Å². The Morgan fingerprint density at radius 1 is 0.935 bits per heavy atom. The van der Waals surface area contributed by atoms with Gasteiger partial charge in [0.05, 0.1) is 5.41 Å². The highest BCUT2D eigenvalue weighted by Crippen LogP contribution is 2.49. The number of ketones is 1. The number of Topliss-reactive ketones (excluding diaryl/α,β-unsaturated/α-hetero) is 1. The van der Waals surface area contributed by atoms with Crippen molar-refractivity contribution >= 4 is 52.2 Å². The van der Waals surface area contributed by atoms with Gasteiger partial charge in [-0.25, -0.2) is 0 Å². The maximum absolute atomic E-state index is 13.2. The zero-order chi connectivity index (χ0) is 22.2. The van der Waals surface area contributed by atoms with Crippen LogP contribution in [0.1, 0.15) is 29.0 Å². The molecule has 0 saturated carbocycles. The molecule has 31 heavy (non-hydrogen) atoms. The van der Waals surface area contributed by atoms with E-state index < -0.39 is 11.3 Å². The van der Waals surface area contributed by atoms with Crippen LogP contribution in [0.2, 0.25) is 10.0 Å². The summed E-state index contributed by atoms with van der Waals surface area (Å²) in [7, 11) is 0. The molecule has 0 fully saturated rings. The molecule has 0 unspecified atom stereocenters. The fraction of sp³-hybridized carbons (Fsp3) is 0.120. The first kappa shape index (κ1) is 21.2. The maximum atomic E-state index is 13.2. The number of anilines is 2. The number of hydrogen-bond donors (Lipinski definition) is 2. The van der Waals surface area contributed by atoms with E-state index in [-0.39, 0.29) is 12.2 Å². The number of nitrogens with two attached hydrogens (primary N) is 2. The summed E-state index contributed by atoms with van der Waals surface area (Å²) in [5.41, 5.74) is 14.5. The lowest BCUT2D eigenvalue weighted by atomic mass is 9.61. The molecule has 4 nitrogen and oxygen atoms in total. The fourth-order valence-corrected chi connectivity index (χ4v) is 4.70. The second-order valence-corrected chi connectivity index (χ2v) is 8.57. The standard InChI is InChI=1S/C25H20Cl2N2O2/c26-17-5-1-4-16(9-17)22-12-24(31)20(15-3-2-6-19(28)10-15)13-25(22,14-30)21-8-7-18(27)11-23(21)29/h1-11,13-14,22H,12,28-29H2/t22-,25-/m0/s1. The summed E-state index contributed by atoms with van der Waals surface area (Å²) >= 11 is 12.3. The number of rotatable bonds is 4. The van der Waals surface area contributed by atoms with E-state index in [1.807, 2.05) is 6.07 Å². The molecule has 3 aromatic carbocycles. The van der Waals surface area contributed by atoms with Gasteiger partial charge in [0.1, 0.15) is 6.29 Å². The summed E-state index contributed by atoms with van der Waals surface area (Å²) in [6.45, 7) is 0. The summed E-state index contributed by atoms with van der Waals surface area (Å²) in [5, 5.41) is 0.993. The van der Waals surface area contributed by atoms with E-state index in [2.05, 4.69) is 0 Å². The van der Waals surface area contributed by atoms with E-state index in [0.29, 0.717) is 38.1 Å². The Labute approximate surface area is 190 Å². The van der Waals surface area contributed by atoms with Gasteiger partial charge in [0.25, 0.3) is 0 Å². The van der Waals surface area contributed by atoms with E-state index in [1.54, 1.807) is 66.7 Å². The number of allylic oxidation sites excluding steroid dienone is 2. The molecule has 1 aliphatic carbocycles. The van der Waals surface area contributed by atoms with Crippen LogP contribution in [0.25, 0.3) is 5.57 Å². The lowest BCUT2D eigenvalue weighted by molar-refractivity contribution is -0.116. The van der Waals surface area contributed by atoms with Crippen molar-refractivity contribution in [3.8, 4) is 0 Å². The monoisotopic (exact) mass is 450 g/mol. The van der Waals surface area contributed by atoms with Crippen molar-refractivity contribution in [2.75, 3.05) is 11.5 Å². The van der Waals surface area contributed by atoms with Crippen molar-refractivity contribution in [3.63, 3.8) is 0 Å². The minimum absolute atomic E-state index is 0.0828. The van der Waals surface area contributed by atoms with E-state index in [0.717, 1.165) is 11.8 Å². The molecule has 6 heteroatoms. The number of hydrogen-bond acceptors (Lipinski definition) is 4. The van der Waals surface area contributed by atoms with Gasteiger partial charge in [-0.3, -0.25) is 4.79 Å². The van der Waals surface area contributed by atoms with Crippen molar-refractivity contribution in [1.29, 1.82) is 0 Å². The highest BCUT2D eigenvalue weighted by molar-refractivity contribution is 6.31. The number of carbonyl (C=O) groups is 2. The number of nitrogen functional groups attached to an aromatic ring is 2. The molecule has 0 saturated heterocycles. The van der Waals surface area contributed by atoms with Gasteiger partial charge < -0.3 is 16.3 Å². The first-order valence-corrected chi connectivity index (χ1v) is 10.5. The molecule has 0 bridgehead atoms. The lowest BCUT2D eigenvalue weighted by Crippen LogP contribution is -2.39. The third-order valence-electron chi connectivity index (χ3n) is 5.77. The molecule has 1 aliphatic rings. The van der Waals surface area contributed by atoms with E-state index in [1.165, 1.54) is 0 Å². The maximum Gasteiger partial charge on any atom is 0.163 e. The minimum atomic E-state index is -1.19. The van der Waals surface area contributed by atoms with Gasteiger partial charge in [0, 0.05) is 39.3 Å². The molecule has 156 valence electrons. The summed E-state index contributed by atoms with van der Waals surface area (Å²) < 4.78 is 0. The highest BCUT2D eigenvalue weighted by atomic mass is 35.5. The third kappa shape index (κ3) is 3.85. The molecule has 4 N–H and O–H groups in total. The predicted molar refractivity (Wildman–Crippen MR) is 126 cm³/mol. The molecule has 0 radical (unpaired) electrons. The smallest absolute Gasteiger partial charge is 0.163 e. The molecular formula is C25H20Cl2N2O2. The van der Waals surface area contributed by atoms with Gasteiger partial charge in [-0.2, -0.15) is 0 Å². The molecule has 4 rings (SSSR count). The Balaban J connectivity index is 2.01. The van der Waals surface area contributed by atoms with Crippen LogP contribution >= 0.6 is 23.2 Å². The molecule has 2 atom stereocenters. The van der Waals surface area contributed by atoms with E-state index >= 15 is 0 Å². The molecular weight excluding hydrogens is 431 g/mol. The molecule has 0 aromatic heterocycles. The third-order valence-corrected chi connectivity index (χ3v) is 6.24. The fourth-order valence-electron chi connectivity index (χ4n) is 4.32. The molecule has 3 aromatic rings. The minimum Gasteiger partial charge on any atom is -0.399 e.